The van der Waals surface area contributed by atoms with Crippen LogP contribution in [0.4, 0.5) is 5.69 Å². The predicted octanol–water partition coefficient (Wildman–Crippen LogP) is 4.58. The van der Waals surface area contributed by atoms with Gasteiger partial charge in [0.2, 0.25) is 5.91 Å². The molecule has 0 aliphatic carbocycles. The van der Waals surface area contributed by atoms with Gasteiger partial charge < -0.3 is 20.8 Å². The maximum absolute atomic E-state index is 11.9. The van der Waals surface area contributed by atoms with Crippen LogP contribution in [-0.2, 0) is 10.2 Å². The smallest absolute Gasteiger partial charge is 0.272 e. The highest BCUT2D eigenvalue weighted by Gasteiger charge is 2.38. The van der Waals surface area contributed by atoms with E-state index in [-0.39, 0.29) is 26.9 Å². The summed E-state index contributed by atoms with van der Waals surface area (Å²) >= 11 is 12.3. The predicted molar refractivity (Wildman–Crippen MR) is 114 cm³/mol. The Morgan fingerprint density at radius 3 is 2.53 bits per heavy atom. The molecule has 4 rings (SSSR count). The summed E-state index contributed by atoms with van der Waals surface area (Å²) in [6.45, 7) is 4.72. The van der Waals surface area contributed by atoms with Crippen LogP contribution in [0.15, 0.2) is 30.3 Å². The van der Waals surface area contributed by atoms with Crippen LogP contribution < -0.4 is 15.8 Å². The highest BCUT2D eigenvalue weighted by Crippen LogP contribution is 2.43. The van der Waals surface area contributed by atoms with E-state index in [1.807, 2.05) is 12.1 Å². The van der Waals surface area contributed by atoms with Gasteiger partial charge in [0.25, 0.3) is 5.69 Å². The first-order valence-electron chi connectivity index (χ1n) is 9.08. The van der Waals surface area contributed by atoms with Crippen LogP contribution in [0.3, 0.4) is 0 Å². The molecule has 1 amide bonds. The van der Waals surface area contributed by atoms with E-state index in [0.29, 0.717) is 12.3 Å². The molecule has 1 atom stereocenters. The summed E-state index contributed by atoms with van der Waals surface area (Å²) in [7, 11) is 0. The number of nitrogens with one attached hydrogen (secondary N) is 2. The zero-order valence-corrected chi connectivity index (χ0v) is 17.6. The topological polar surface area (TPSA) is 123 Å². The number of rotatable bonds is 4. The van der Waals surface area contributed by atoms with Crippen LogP contribution in [0.25, 0.3) is 10.9 Å². The van der Waals surface area contributed by atoms with Crippen LogP contribution in [0.5, 0.6) is 11.5 Å². The Balaban J connectivity index is 1.80. The molecule has 30 heavy (non-hydrogen) atoms. The summed E-state index contributed by atoms with van der Waals surface area (Å²) in [6.07, 6.45) is 0. The van der Waals surface area contributed by atoms with E-state index in [4.69, 9.17) is 33.7 Å². The molecule has 4 N–H and O–H groups in total. The Bertz CT molecular complexity index is 1180. The number of hydrogen-bond donors (Lipinski definition) is 3. The minimum absolute atomic E-state index is 0.0312. The van der Waals surface area contributed by atoms with E-state index in [9.17, 15) is 14.9 Å². The molecule has 0 radical (unpaired) electrons. The zero-order chi connectivity index (χ0) is 21.8. The van der Waals surface area contributed by atoms with E-state index in [2.05, 4.69) is 24.1 Å². The molecule has 2 aromatic carbocycles. The molecule has 3 aromatic rings. The third-order valence-corrected chi connectivity index (χ3v) is 5.77. The second kappa shape index (κ2) is 7.16. The molecule has 10 heteroatoms. The molecule has 8 nitrogen and oxygen atoms in total. The van der Waals surface area contributed by atoms with Crippen molar-refractivity contribution in [1.82, 2.24) is 10.3 Å². The maximum Gasteiger partial charge on any atom is 0.272 e. The summed E-state index contributed by atoms with van der Waals surface area (Å²) in [4.78, 5) is 25.6. The van der Waals surface area contributed by atoms with Crippen molar-refractivity contribution in [3.05, 3.63) is 61.7 Å². The van der Waals surface area contributed by atoms with Crippen molar-refractivity contribution >= 4 is 45.7 Å². The number of nitrogens with zero attached hydrogens (tertiary/aromatic N) is 1. The number of nitrogens with two attached hydrogens (primary N) is 1. The van der Waals surface area contributed by atoms with Crippen LogP contribution in [0.1, 0.15) is 31.1 Å². The molecule has 1 aliphatic heterocycles. The van der Waals surface area contributed by atoms with Gasteiger partial charge in [-0.1, -0.05) is 37.0 Å². The van der Waals surface area contributed by atoms with Gasteiger partial charge in [-0.15, -0.1) is 0 Å². The fourth-order valence-electron chi connectivity index (χ4n) is 3.86. The number of nitro benzene ring substituents is 1. The lowest BCUT2D eigenvalue weighted by Crippen LogP contribution is -2.46. The number of amides is 1. The average Bonchev–Trinajstić information content (AvgIpc) is 3.04. The van der Waals surface area contributed by atoms with Crippen molar-refractivity contribution < 1.29 is 14.5 Å². The standard InChI is InChI=1S/C20H18Cl2N4O4/c1-20(2)8-24-17(19(23)27)16-15(20)11-7-10(3-4-14(11)25-16)30-18-12(21)5-9(26(28)29)6-13(18)22/h3-7,17,24-25H,8H2,1-2H3,(H2,23,27). The number of benzene rings is 2. The second-order valence-corrected chi connectivity index (χ2v) is 8.63. The lowest BCUT2D eigenvalue weighted by atomic mass is 9.78. The molecule has 1 aliphatic rings. The molecule has 156 valence electrons. The molecule has 0 bridgehead atoms. The first-order valence-corrected chi connectivity index (χ1v) is 9.84. The number of H-pyrrole nitrogens is 1. The fourth-order valence-corrected chi connectivity index (χ4v) is 4.41. The summed E-state index contributed by atoms with van der Waals surface area (Å²) in [6, 6.07) is 7.13. The number of nitro groups is 1. The first-order chi connectivity index (χ1) is 14.1. The van der Waals surface area contributed by atoms with Crippen molar-refractivity contribution in [3.8, 4) is 11.5 Å². The number of primary amides is 1. The van der Waals surface area contributed by atoms with E-state index < -0.39 is 16.9 Å². The van der Waals surface area contributed by atoms with E-state index in [1.54, 1.807) is 6.07 Å². The number of carbonyl (C=O) groups excluding carboxylic acids is 1. The van der Waals surface area contributed by atoms with Gasteiger partial charge in [-0.05, 0) is 23.8 Å². The van der Waals surface area contributed by atoms with Gasteiger partial charge in [-0.2, -0.15) is 0 Å². The number of hydrogen-bond acceptors (Lipinski definition) is 5. The minimum Gasteiger partial charge on any atom is -0.454 e. The Kier molecular flexibility index (Phi) is 4.88. The molecular weight excluding hydrogens is 431 g/mol. The van der Waals surface area contributed by atoms with Crippen molar-refractivity contribution in [1.29, 1.82) is 0 Å². The molecule has 0 fully saturated rings. The van der Waals surface area contributed by atoms with E-state index in [1.165, 1.54) is 12.1 Å². The van der Waals surface area contributed by atoms with E-state index >= 15 is 0 Å². The largest absolute Gasteiger partial charge is 0.454 e. The number of aromatic nitrogens is 1. The molecule has 0 spiro atoms. The minimum atomic E-state index is -0.608. The van der Waals surface area contributed by atoms with Crippen LogP contribution in [0.2, 0.25) is 10.0 Å². The second-order valence-electron chi connectivity index (χ2n) is 7.82. The van der Waals surface area contributed by atoms with Crippen molar-refractivity contribution in [2.45, 2.75) is 25.3 Å². The van der Waals surface area contributed by atoms with Crippen LogP contribution >= 0.6 is 23.2 Å². The highest BCUT2D eigenvalue weighted by molar-refractivity contribution is 6.37. The molecule has 0 saturated heterocycles. The Labute approximate surface area is 181 Å². The lowest BCUT2D eigenvalue weighted by Gasteiger charge is -2.34. The van der Waals surface area contributed by atoms with Gasteiger partial charge in [0.05, 0.1) is 15.0 Å². The SMILES string of the molecule is CC1(C)CNC(C(N)=O)c2[nH]c3ccc(Oc4c(Cl)cc([N+](=O)[O-])cc4Cl)cc3c21. The third-order valence-electron chi connectivity index (χ3n) is 5.21. The van der Waals surface area contributed by atoms with Gasteiger partial charge in [-0.3, -0.25) is 14.9 Å². The molecule has 1 unspecified atom stereocenters. The average molecular weight is 449 g/mol. The number of fused-ring (bicyclic) bond motifs is 3. The van der Waals surface area contributed by atoms with Gasteiger partial charge in [0.15, 0.2) is 5.75 Å². The summed E-state index contributed by atoms with van der Waals surface area (Å²) in [5.74, 6) is 0.120. The fraction of sp³-hybridized carbons (Fsp3) is 0.250. The van der Waals surface area contributed by atoms with Gasteiger partial charge in [0, 0.05) is 40.7 Å². The van der Waals surface area contributed by atoms with Crippen molar-refractivity contribution in [2.75, 3.05) is 6.54 Å². The summed E-state index contributed by atoms with van der Waals surface area (Å²) in [5.41, 5.74) is 7.62. The Morgan fingerprint density at radius 1 is 1.27 bits per heavy atom. The highest BCUT2D eigenvalue weighted by atomic mass is 35.5. The molecule has 0 saturated carbocycles. The van der Waals surface area contributed by atoms with Crippen LogP contribution in [0, 0.1) is 10.1 Å². The van der Waals surface area contributed by atoms with Crippen molar-refractivity contribution in [3.63, 3.8) is 0 Å². The summed E-state index contributed by atoms with van der Waals surface area (Å²) in [5, 5.41) is 15.1. The van der Waals surface area contributed by atoms with Gasteiger partial charge in [0.1, 0.15) is 11.8 Å². The number of aromatic amines is 1. The molecule has 2 heterocycles. The Hall–Kier alpha value is -2.81. The quantitative estimate of drug-likeness (QED) is 0.397. The monoisotopic (exact) mass is 448 g/mol. The number of non-ortho nitro benzene ring substituents is 1. The lowest BCUT2D eigenvalue weighted by molar-refractivity contribution is -0.384. The first kappa shape index (κ1) is 20.5. The number of ether oxygens (including phenoxy) is 1. The normalized spacial score (nSPS) is 17.5. The third kappa shape index (κ3) is 3.36. The number of halogens is 2. The zero-order valence-electron chi connectivity index (χ0n) is 16.1. The summed E-state index contributed by atoms with van der Waals surface area (Å²) < 4.78 is 5.88. The molecular formula is C20H18Cl2N4O4. The van der Waals surface area contributed by atoms with Gasteiger partial charge in [-0.25, -0.2) is 0 Å². The molecule has 1 aromatic heterocycles. The Morgan fingerprint density at radius 2 is 1.93 bits per heavy atom. The van der Waals surface area contributed by atoms with E-state index in [0.717, 1.165) is 22.2 Å². The van der Waals surface area contributed by atoms with Crippen LogP contribution in [-0.4, -0.2) is 22.4 Å². The maximum atomic E-state index is 11.9. The number of carbonyl (C=O) groups is 1. The van der Waals surface area contributed by atoms with Gasteiger partial charge >= 0.3 is 0 Å². The van der Waals surface area contributed by atoms with Crippen molar-refractivity contribution in [2.24, 2.45) is 5.73 Å².